The minimum absolute atomic E-state index is 0.107. The van der Waals surface area contributed by atoms with E-state index in [0.29, 0.717) is 0 Å². The molecule has 0 heterocycles. The lowest BCUT2D eigenvalue weighted by Gasteiger charge is -2.25. The number of carboxylic acid groups (broad SMARTS) is 1. The van der Waals surface area contributed by atoms with E-state index in [2.05, 4.69) is 0 Å². The van der Waals surface area contributed by atoms with Gasteiger partial charge in [0, 0.05) is 7.11 Å². The van der Waals surface area contributed by atoms with Crippen molar-refractivity contribution in [1.29, 1.82) is 0 Å². The summed E-state index contributed by atoms with van der Waals surface area (Å²) in [5.74, 6) is -1.92. The molecule has 5 heteroatoms. The molecule has 1 atom stereocenters. The van der Waals surface area contributed by atoms with Crippen molar-refractivity contribution in [2.24, 2.45) is 0 Å². The fraction of sp³-hybridized carbons (Fsp3) is 0.364. The van der Waals surface area contributed by atoms with Gasteiger partial charge in [-0.2, -0.15) is 0 Å². The molecule has 0 aliphatic carbocycles. The minimum atomic E-state index is -1.60. The molecule has 1 N–H and O–H groups in total. The van der Waals surface area contributed by atoms with Gasteiger partial charge in [0.1, 0.15) is 0 Å². The Balaban J connectivity index is 2.92. The van der Waals surface area contributed by atoms with Crippen molar-refractivity contribution in [3.63, 3.8) is 0 Å². The first-order valence-electron chi connectivity index (χ1n) is 4.65. The fourth-order valence-electron chi connectivity index (χ4n) is 1.18. The predicted molar refractivity (Wildman–Crippen MR) is 54.9 cm³/mol. The molecule has 0 aliphatic heterocycles. The summed E-state index contributed by atoms with van der Waals surface area (Å²) in [5, 5.41) is 8.99. The molecule has 0 spiro atoms. The highest BCUT2D eigenvalue weighted by Crippen LogP contribution is 2.22. The third-order valence-corrected chi connectivity index (χ3v) is 2.04. The average molecular weight is 228 g/mol. The van der Waals surface area contributed by atoms with Crippen LogP contribution in [0.15, 0.2) is 24.3 Å². The molecule has 4 nitrogen and oxygen atoms in total. The van der Waals surface area contributed by atoms with Gasteiger partial charge in [-0.05, 0) is 19.1 Å². The number of aliphatic carboxylic acids is 1. The van der Waals surface area contributed by atoms with E-state index in [-0.39, 0.29) is 12.4 Å². The van der Waals surface area contributed by atoms with Crippen molar-refractivity contribution < 1.29 is 23.8 Å². The van der Waals surface area contributed by atoms with E-state index in [1.807, 2.05) is 0 Å². The van der Waals surface area contributed by atoms with Crippen molar-refractivity contribution in [2.75, 3.05) is 13.7 Å². The fourth-order valence-corrected chi connectivity index (χ4v) is 1.18. The van der Waals surface area contributed by atoms with Gasteiger partial charge < -0.3 is 14.6 Å². The topological polar surface area (TPSA) is 55.8 Å². The van der Waals surface area contributed by atoms with Crippen LogP contribution in [0, 0.1) is 5.82 Å². The zero-order valence-electron chi connectivity index (χ0n) is 9.07. The average Bonchev–Trinajstić information content (AvgIpc) is 2.21. The van der Waals surface area contributed by atoms with Gasteiger partial charge in [-0.3, -0.25) is 0 Å². The Labute approximate surface area is 92.6 Å². The number of rotatable bonds is 5. The molecule has 1 aromatic rings. The number of hydrogen-bond acceptors (Lipinski definition) is 3. The molecule has 0 aromatic heterocycles. The Hall–Kier alpha value is -1.62. The third-order valence-electron chi connectivity index (χ3n) is 2.04. The molecule has 1 aromatic carbocycles. The van der Waals surface area contributed by atoms with Gasteiger partial charge in [0.15, 0.2) is 11.6 Å². The summed E-state index contributed by atoms with van der Waals surface area (Å²) >= 11 is 0. The van der Waals surface area contributed by atoms with Gasteiger partial charge in [0.2, 0.25) is 5.60 Å². The van der Waals surface area contributed by atoms with Crippen LogP contribution in [0.3, 0.4) is 0 Å². The highest BCUT2D eigenvalue weighted by molar-refractivity contribution is 5.77. The Kier molecular flexibility index (Phi) is 3.84. The second-order valence-electron chi connectivity index (χ2n) is 3.50. The normalized spacial score (nSPS) is 14.2. The van der Waals surface area contributed by atoms with Crippen molar-refractivity contribution in [3.8, 4) is 5.75 Å². The maximum atomic E-state index is 13.3. The van der Waals surface area contributed by atoms with Crippen LogP contribution in [0.2, 0.25) is 0 Å². The van der Waals surface area contributed by atoms with Gasteiger partial charge in [-0.1, -0.05) is 12.1 Å². The monoisotopic (exact) mass is 228 g/mol. The molecule has 0 aliphatic rings. The molecule has 0 saturated carbocycles. The second-order valence-corrected chi connectivity index (χ2v) is 3.50. The molecule has 88 valence electrons. The van der Waals surface area contributed by atoms with E-state index in [0.717, 1.165) is 0 Å². The summed E-state index contributed by atoms with van der Waals surface area (Å²) < 4.78 is 23.2. The van der Waals surface area contributed by atoms with Gasteiger partial charge in [-0.15, -0.1) is 0 Å². The summed E-state index contributed by atoms with van der Waals surface area (Å²) in [6.07, 6.45) is 0. The smallest absolute Gasteiger partial charge is 0.350 e. The van der Waals surface area contributed by atoms with Crippen LogP contribution >= 0.6 is 0 Å². The lowest BCUT2D eigenvalue weighted by Crippen LogP contribution is -2.45. The van der Waals surface area contributed by atoms with Crippen LogP contribution in [0.1, 0.15) is 6.92 Å². The Morgan fingerprint density at radius 3 is 2.62 bits per heavy atom. The van der Waals surface area contributed by atoms with Crippen LogP contribution < -0.4 is 4.74 Å². The third kappa shape index (κ3) is 2.70. The molecule has 0 bridgehead atoms. The van der Waals surface area contributed by atoms with Gasteiger partial charge >= 0.3 is 5.97 Å². The maximum Gasteiger partial charge on any atom is 0.350 e. The first kappa shape index (κ1) is 12.4. The predicted octanol–water partition coefficient (Wildman–Crippen LogP) is 1.69. The molecule has 1 unspecified atom stereocenters. The molecular formula is C11H13FO4. The molecule has 16 heavy (non-hydrogen) atoms. The molecular weight excluding hydrogens is 215 g/mol. The first-order valence-corrected chi connectivity index (χ1v) is 4.65. The van der Waals surface area contributed by atoms with Crippen LogP contribution in [0.5, 0.6) is 5.75 Å². The number of carbonyl (C=O) groups is 1. The first-order chi connectivity index (χ1) is 7.49. The number of halogens is 1. The van der Waals surface area contributed by atoms with E-state index in [1.54, 1.807) is 6.07 Å². The lowest BCUT2D eigenvalue weighted by molar-refractivity contribution is -0.158. The van der Waals surface area contributed by atoms with Crippen molar-refractivity contribution >= 4 is 5.97 Å². The van der Waals surface area contributed by atoms with Crippen molar-refractivity contribution in [3.05, 3.63) is 30.1 Å². The summed E-state index contributed by atoms with van der Waals surface area (Å²) in [6.45, 7) is 1.15. The lowest BCUT2D eigenvalue weighted by atomic mass is 10.1. The highest BCUT2D eigenvalue weighted by Gasteiger charge is 2.36. The Morgan fingerprint density at radius 1 is 1.50 bits per heavy atom. The van der Waals surface area contributed by atoms with Crippen LogP contribution in [0.25, 0.3) is 0 Å². The van der Waals surface area contributed by atoms with E-state index in [4.69, 9.17) is 14.6 Å². The van der Waals surface area contributed by atoms with E-state index in [1.165, 1.54) is 32.2 Å². The summed E-state index contributed by atoms with van der Waals surface area (Å²) in [4.78, 5) is 11.0. The number of ether oxygens (including phenoxy) is 2. The summed E-state index contributed by atoms with van der Waals surface area (Å²) in [5.41, 5.74) is -1.60. The van der Waals surface area contributed by atoms with Gasteiger partial charge in [-0.25, -0.2) is 9.18 Å². The molecule has 0 saturated heterocycles. The van der Waals surface area contributed by atoms with Crippen LogP contribution in [-0.4, -0.2) is 30.4 Å². The number of methoxy groups -OCH3 is 1. The van der Waals surface area contributed by atoms with Gasteiger partial charge in [0.25, 0.3) is 0 Å². The summed E-state index contributed by atoms with van der Waals surface area (Å²) in [6, 6.07) is 5.63. The van der Waals surface area contributed by atoms with Crippen LogP contribution in [0.4, 0.5) is 4.39 Å². The second kappa shape index (κ2) is 4.94. The zero-order chi connectivity index (χ0) is 12.2. The number of para-hydroxylation sites is 1. The standard InChI is InChI=1S/C11H13FO4/c1-11(7-15-2,10(13)14)16-9-6-4-3-5-8(9)12/h3-6H,7H2,1-2H3,(H,13,14). The molecule has 0 radical (unpaired) electrons. The highest BCUT2D eigenvalue weighted by atomic mass is 19.1. The number of hydrogen-bond donors (Lipinski definition) is 1. The van der Waals surface area contributed by atoms with E-state index >= 15 is 0 Å². The largest absolute Gasteiger partial charge is 0.478 e. The number of carboxylic acids is 1. The minimum Gasteiger partial charge on any atom is -0.478 e. The maximum absolute atomic E-state index is 13.3. The Bertz CT molecular complexity index is 380. The summed E-state index contributed by atoms with van der Waals surface area (Å²) in [7, 11) is 1.35. The van der Waals surface area contributed by atoms with Crippen LogP contribution in [-0.2, 0) is 9.53 Å². The van der Waals surface area contributed by atoms with E-state index < -0.39 is 17.4 Å². The SMILES string of the molecule is COCC(C)(Oc1ccccc1F)C(=O)O. The van der Waals surface area contributed by atoms with Crippen molar-refractivity contribution in [2.45, 2.75) is 12.5 Å². The quantitative estimate of drug-likeness (QED) is 0.833. The van der Waals surface area contributed by atoms with Gasteiger partial charge in [0.05, 0.1) is 6.61 Å². The molecule has 0 amide bonds. The van der Waals surface area contributed by atoms with Crippen molar-refractivity contribution in [1.82, 2.24) is 0 Å². The molecule has 0 fully saturated rings. The van der Waals surface area contributed by atoms with E-state index in [9.17, 15) is 9.18 Å². The molecule has 1 rings (SSSR count). The Morgan fingerprint density at radius 2 is 2.12 bits per heavy atom. The number of benzene rings is 1. The zero-order valence-corrected chi connectivity index (χ0v) is 9.07.